The van der Waals surface area contributed by atoms with Crippen LogP contribution in [-0.4, -0.2) is 27.7 Å². The zero-order valence-corrected chi connectivity index (χ0v) is 15.7. The molecule has 150 valence electrons. The molecule has 1 N–H and O–H groups in total. The molecule has 2 aromatic rings. The van der Waals surface area contributed by atoms with Crippen molar-refractivity contribution < 1.29 is 27.6 Å². The maximum atomic E-state index is 12.5. The number of nitrogens with one attached hydrogen (secondary N) is 1. The van der Waals surface area contributed by atoms with Gasteiger partial charge in [0.25, 0.3) is 5.24 Å². The number of carbonyl (C=O) groups is 3. The Balaban J connectivity index is 1.56. The average molecular weight is 420 g/mol. The van der Waals surface area contributed by atoms with Crippen LogP contribution < -0.4 is 5.32 Å². The van der Waals surface area contributed by atoms with Crippen molar-refractivity contribution in [1.82, 2.24) is 4.90 Å². The normalized spacial score (nSPS) is 14.7. The topological polar surface area (TPSA) is 66.5 Å². The third-order valence-electron chi connectivity index (χ3n) is 4.07. The number of amides is 3. The van der Waals surface area contributed by atoms with Gasteiger partial charge in [-0.2, -0.15) is 13.2 Å². The molecule has 0 aromatic heterocycles. The zero-order valence-electron chi connectivity index (χ0n) is 14.9. The molecular weight excluding hydrogens is 405 g/mol. The van der Waals surface area contributed by atoms with Crippen LogP contribution in [0, 0.1) is 0 Å². The quantitative estimate of drug-likeness (QED) is 0.721. The Bertz CT molecular complexity index is 938. The Kier molecular flexibility index (Phi) is 6.07. The molecule has 0 saturated carbocycles. The van der Waals surface area contributed by atoms with Crippen LogP contribution >= 0.6 is 11.8 Å². The van der Waals surface area contributed by atoms with E-state index in [0.29, 0.717) is 11.3 Å². The second kappa shape index (κ2) is 8.52. The van der Waals surface area contributed by atoms with Gasteiger partial charge in [-0.05, 0) is 41.5 Å². The molecular formula is C20H15F3N2O3S. The molecule has 0 aliphatic carbocycles. The maximum Gasteiger partial charge on any atom is 0.416 e. The number of halogens is 3. The number of alkyl halides is 3. The number of hydrogen-bond acceptors (Lipinski definition) is 4. The summed E-state index contributed by atoms with van der Waals surface area (Å²) in [4.78, 5) is 36.4. The van der Waals surface area contributed by atoms with Crippen LogP contribution in [0.1, 0.15) is 16.7 Å². The minimum absolute atomic E-state index is 0.151. The molecule has 1 heterocycles. The molecule has 0 radical (unpaired) electrons. The van der Waals surface area contributed by atoms with Crippen molar-refractivity contribution in [2.45, 2.75) is 12.7 Å². The van der Waals surface area contributed by atoms with Crippen LogP contribution in [0.5, 0.6) is 0 Å². The van der Waals surface area contributed by atoms with E-state index >= 15 is 0 Å². The van der Waals surface area contributed by atoms with Crippen LogP contribution in [-0.2, 0) is 22.3 Å². The molecule has 1 saturated heterocycles. The van der Waals surface area contributed by atoms with Crippen molar-refractivity contribution in [3.05, 3.63) is 71.3 Å². The fraction of sp³-hybridized carbons (Fsp3) is 0.150. The van der Waals surface area contributed by atoms with Crippen LogP contribution in [0.25, 0.3) is 6.08 Å². The number of carbonyl (C=O) groups excluding carboxylic acids is 3. The summed E-state index contributed by atoms with van der Waals surface area (Å²) in [6.45, 7) is 0.173. The van der Waals surface area contributed by atoms with Crippen molar-refractivity contribution in [3.63, 3.8) is 0 Å². The highest BCUT2D eigenvalue weighted by molar-refractivity contribution is 8.14. The summed E-state index contributed by atoms with van der Waals surface area (Å²) in [6, 6.07) is 11.1. The lowest BCUT2D eigenvalue weighted by Gasteiger charge is -2.13. The molecule has 1 aliphatic rings. The first-order valence-corrected chi connectivity index (χ1v) is 9.43. The molecule has 9 heteroatoms. The molecule has 5 nitrogen and oxygen atoms in total. The lowest BCUT2D eigenvalue weighted by Crippen LogP contribution is -2.27. The van der Waals surface area contributed by atoms with E-state index in [4.69, 9.17) is 0 Å². The Morgan fingerprint density at radius 2 is 1.72 bits per heavy atom. The van der Waals surface area contributed by atoms with Crippen molar-refractivity contribution in [2.75, 3.05) is 11.1 Å². The Morgan fingerprint density at radius 3 is 2.28 bits per heavy atom. The van der Waals surface area contributed by atoms with E-state index < -0.39 is 17.6 Å². The number of hydrogen-bond donors (Lipinski definition) is 1. The molecule has 29 heavy (non-hydrogen) atoms. The summed E-state index contributed by atoms with van der Waals surface area (Å²) in [5.74, 6) is -0.525. The summed E-state index contributed by atoms with van der Waals surface area (Å²) >= 11 is 0.967. The highest BCUT2D eigenvalue weighted by Gasteiger charge is 2.30. The van der Waals surface area contributed by atoms with Gasteiger partial charge in [0.15, 0.2) is 0 Å². The van der Waals surface area contributed by atoms with Crippen LogP contribution in [0.15, 0.2) is 54.6 Å². The first-order chi connectivity index (χ1) is 13.7. The van der Waals surface area contributed by atoms with Gasteiger partial charge in [0.1, 0.15) is 0 Å². The van der Waals surface area contributed by atoms with Crippen molar-refractivity contribution in [2.24, 2.45) is 0 Å². The van der Waals surface area contributed by atoms with Gasteiger partial charge in [-0.1, -0.05) is 36.0 Å². The minimum Gasteiger partial charge on any atom is -0.323 e. The van der Waals surface area contributed by atoms with Crippen molar-refractivity contribution in [3.8, 4) is 0 Å². The number of imide groups is 1. The first-order valence-electron chi connectivity index (χ1n) is 8.45. The number of nitrogens with zero attached hydrogens (tertiary/aromatic N) is 1. The molecule has 0 spiro atoms. The van der Waals surface area contributed by atoms with Gasteiger partial charge in [-0.15, -0.1) is 0 Å². The van der Waals surface area contributed by atoms with E-state index in [0.717, 1.165) is 29.5 Å². The molecule has 1 aliphatic heterocycles. The van der Waals surface area contributed by atoms with E-state index in [1.165, 1.54) is 29.2 Å². The summed E-state index contributed by atoms with van der Waals surface area (Å²) in [5, 5.41) is 2.35. The largest absolute Gasteiger partial charge is 0.416 e. The van der Waals surface area contributed by atoms with Gasteiger partial charge in [-0.3, -0.25) is 19.3 Å². The highest BCUT2D eigenvalue weighted by Crippen LogP contribution is 2.29. The van der Waals surface area contributed by atoms with Gasteiger partial charge in [0.2, 0.25) is 11.8 Å². The van der Waals surface area contributed by atoms with Gasteiger partial charge in [0, 0.05) is 11.8 Å². The minimum atomic E-state index is -4.40. The van der Waals surface area contributed by atoms with Gasteiger partial charge in [-0.25, -0.2) is 0 Å². The Morgan fingerprint density at radius 1 is 1.07 bits per heavy atom. The number of benzene rings is 2. The smallest absolute Gasteiger partial charge is 0.323 e. The number of thioether (sulfide) groups is 1. The second-order valence-electron chi connectivity index (χ2n) is 6.17. The van der Waals surface area contributed by atoms with Crippen LogP contribution in [0.3, 0.4) is 0 Å². The summed E-state index contributed by atoms with van der Waals surface area (Å²) in [5.41, 5.74) is 0.952. The van der Waals surface area contributed by atoms with E-state index in [2.05, 4.69) is 5.32 Å². The van der Waals surface area contributed by atoms with Crippen LogP contribution in [0.4, 0.5) is 23.7 Å². The molecule has 0 bridgehead atoms. The highest BCUT2D eigenvalue weighted by atomic mass is 32.2. The predicted molar refractivity (Wildman–Crippen MR) is 104 cm³/mol. The van der Waals surface area contributed by atoms with Gasteiger partial charge >= 0.3 is 6.18 Å². The maximum absolute atomic E-state index is 12.5. The predicted octanol–water partition coefficient (Wildman–Crippen LogP) is 4.55. The SMILES string of the molecule is O=C(C=Cc1ccc(C(F)(F)F)cc1)Nc1ccc(CN2C(=O)CSC2=O)cc1. The second-order valence-corrected chi connectivity index (χ2v) is 7.10. The lowest BCUT2D eigenvalue weighted by atomic mass is 10.1. The monoisotopic (exact) mass is 420 g/mol. The van der Waals surface area contributed by atoms with E-state index in [9.17, 15) is 27.6 Å². The number of rotatable bonds is 5. The van der Waals surface area contributed by atoms with E-state index in [1.54, 1.807) is 24.3 Å². The molecule has 0 unspecified atom stereocenters. The first kappa shape index (κ1) is 20.7. The fourth-order valence-electron chi connectivity index (χ4n) is 2.55. The van der Waals surface area contributed by atoms with Crippen molar-refractivity contribution >= 4 is 40.6 Å². The van der Waals surface area contributed by atoms with E-state index in [1.807, 2.05) is 0 Å². The standard InChI is InChI=1S/C20H15F3N2O3S/c21-20(22,23)15-6-1-13(2-7-15)5-10-17(26)24-16-8-3-14(4-9-16)11-25-18(27)12-29-19(25)28/h1-10H,11-12H2,(H,24,26). The Labute approximate surface area is 168 Å². The van der Waals surface area contributed by atoms with Gasteiger partial charge < -0.3 is 5.32 Å². The molecule has 1 fully saturated rings. The lowest BCUT2D eigenvalue weighted by molar-refractivity contribution is -0.137. The summed E-state index contributed by atoms with van der Waals surface area (Å²) in [7, 11) is 0. The third kappa shape index (κ3) is 5.47. The molecule has 3 rings (SSSR count). The van der Waals surface area contributed by atoms with Gasteiger partial charge in [0.05, 0.1) is 17.9 Å². The van der Waals surface area contributed by atoms with Crippen LogP contribution in [0.2, 0.25) is 0 Å². The summed E-state index contributed by atoms with van der Waals surface area (Å²) in [6.07, 6.45) is -1.78. The molecule has 0 atom stereocenters. The van der Waals surface area contributed by atoms with Crippen molar-refractivity contribution in [1.29, 1.82) is 0 Å². The average Bonchev–Trinajstić information content (AvgIpc) is 2.99. The molecule has 3 amide bonds. The third-order valence-corrected chi connectivity index (χ3v) is 4.93. The Hall–Kier alpha value is -3.07. The fourth-order valence-corrected chi connectivity index (χ4v) is 3.27. The van der Waals surface area contributed by atoms with E-state index in [-0.39, 0.29) is 23.4 Å². The zero-order chi connectivity index (χ0) is 21.0. The number of anilines is 1. The molecule has 2 aromatic carbocycles. The summed E-state index contributed by atoms with van der Waals surface area (Å²) < 4.78 is 37.6.